The van der Waals surface area contributed by atoms with Crippen molar-refractivity contribution in [2.75, 3.05) is 44.3 Å². The first-order valence-electron chi connectivity index (χ1n) is 10.7. The van der Waals surface area contributed by atoms with Gasteiger partial charge in [0.1, 0.15) is 0 Å². The number of nitrogens with zero attached hydrogens (tertiary/aromatic N) is 2. The van der Waals surface area contributed by atoms with Crippen LogP contribution in [0.4, 0.5) is 5.69 Å². The van der Waals surface area contributed by atoms with Crippen molar-refractivity contribution in [3.63, 3.8) is 0 Å². The lowest BCUT2D eigenvalue weighted by Crippen LogP contribution is -2.46. The number of anilines is 1. The van der Waals surface area contributed by atoms with Crippen LogP contribution < -0.4 is 10.2 Å². The molecule has 2 aromatic rings. The molecule has 1 atom stereocenters. The minimum Gasteiger partial charge on any atom is -0.378 e. The molecule has 2 saturated heterocycles. The number of thiophene rings is 1. The average molecular weight is 414 g/mol. The zero-order valence-electron chi connectivity index (χ0n) is 17.2. The summed E-state index contributed by atoms with van der Waals surface area (Å²) in [6.45, 7) is 7.04. The summed E-state index contributed by atoms with van der Waals surface area (Å²) in [5.41, 5.74) is 3.42. The van der Waals surface area contributed by atoms with Crippen LogP contribution in [0.5, 0.6) is 0 Å². The molecule has 2 aliphatic heterocycles. The van der Waals surface area contributed by atoms with Gasteiger partial charge in [-0.05, 0) is 72.8 Å². The van der Waals surface area contributed by atoms with Crippen molar-refractivity contribution >= 4 is 22.9 Å². The first-order chi connectivity index (χ1) is 14.2. The molecule has 156 valence electrons. The van der Waals surface area contributed by atoms with Crippen LogP contribution >= 0.6 is 11.3 Å². The molecule has 1 aromatic heterocycles. The van der Waals surface area contributed by atoms with Gasteiger partial charge in [-0.1, -0.05) is 0 Å². The molecule has 4 rings (SSSR count). The van der Waals surface area contributed by atoms with Crippen LogP contribution in [0.15, 0.2) is 41.1 Å². The van der Waals surface area contributed by atoms with Crippen molar-refractivity contribution in [2.24, 2.45) is 0 Å². The van der Waals surface area contributed by atoms with Gasteiger partial charge in [-0.2, -0.15) is 11.3 Å². The smallest absolute Gasteiger partial charge is 0.254 e. The van der Waals surface area contributed by atoms with E-state index in [-0.39, 0.29) is 5.91 Å². The van der Waals surface area contributed by atoms with Crippen molar-refractivity contribution < 1.29 is 9.53 Å². The van der Waals surface area contributed by atoms with Gasteiger partial charge < -0.3 is 19.9 Å². The Morgan fingerprint density at radius 2 is 1.86 bits per heavy atom. The van der Waals surface area contributed by atoms with Crippen molar-refractivity contribution in [3.05, 3.63) is 52.2 Å². The molecule has 2 aliphatic rings. The fourth-order valence-corrected chi connectivity index (χ4v) is 4.97. The predicted molar refractivity (Wildman–Crippen MR) is 119 cm³/mol. The molecular weight excluding hydrogens is 382 g/mol. The Balaban J connectivity index is 1.25. The lowest BCUT2D eigenvalue weighted by molar-refractivity contribution is 0.0303. The Hall–Kier alpha value is -1.89. The maximum Gasteiger partial charge on any atom is 0.254 e. The Bertz CT molecular complexity index is 764. The zero-order chi connectivity index (χ0) is 20.1. The van der Waals surface area contributed by atoms with E-state index in [1.54, 1.807) is 11.3 Å². The minimum atomic E-state index is 0.113. The summed E-state index contributed by atoms with van der Waals surface area (Å²) in [7, 11) is 0. The van der Waals surface area contributed by atoms with Crippen LogP contribution in [0.25, 0.3) is 0 Å². The standard InChI is InChI=1S/C23H31N3O2S/c1-18(16-19-8-15-29-17-19)24-21-6-9-25(10-7-21)22-4-2-20(3-5-22)23(27)26-11-13-28-14-12-26/h2-5,8,15,17-18,21,24H,6-7,9-14,16H2,1H3. The number of morpholine rings is 1. The van der Waals surface area contributed by atoms with E-state index in [4.69, 9.17) is 4.74 Å². The molecule has 0 aliphatic carbocycles. The van der Waals surface area contributed by atoms with E-state index < -0.39 is 0 Å². The Labute approximate surface area is 177 Å². The second-order valence-corrected chi connectivity index (χ2v) is 8.90. The monoisotopic (exact) mass is 413 g/mol. The number of hydrogen-bond acceptors (Lipinski definition) is 5. The predicted octanol–water partition coefficient (Wildman–Crippen LogP) is 3.41. The van der Waals surface area contributed by atoms with Crippen molar-refractivity contribution in [1.29, 1.82) is 0 Å². The molecule has 29 heavy (non-hydrogen) atoms. The quantitative estimate of drug-likeness (QED) is 0.788. The van der Waals surface area contributed by atoms with Gasteiger partial charge in [-0.15, -0.1) is 0 Å². The lowest BCUT2D eigenvalue weighted by atomic mass is 10.0. The van der Waals surface area contributed by atoms with Gasteiger partial charge in [0.25, 0.3) is 5.91 Å². The summed E-state index contributed by atoms with van der Waals surface area (Å²) in [5, 5.41) is 8.20. The summed E-state index contributed by atoms with van der Waals surface area (Å²) in [4.78, 5) is 16.9. The van der Waals surface area contributed by atoms with Gasteiger partial charge in [0.15, 0.2) is 0 Å². The molecule has 1 unspecified atom stereocenters. The summed E-state index contributed by atoms with van der Waals surface area (Å²) < 4.78 is 5.34. The molecular formula is C23H31N3O2S. The van der Waals surface area contributed by atoms with Crippen LogP contribution in [0, 0.1) is 0 Å². The maximum absolute atomic E-state index is 12.6. The highest BCUT2D eigenvalue weighted by Crippen LogP contribution is 2.22. The van der Waals surface area contributed by atoms with Gasteiger partial charge in [0.05, 0.1) is 13.2 Å². The summed E-state index contributed by atoms with van der Waals surface area (Å²) in [6, 6.07) is 11.5. The highest BCUT2D eigenvalue weighted by molar-refractivity contribution is 7.07. The highest BCUT2D eigenvalue weighted by Gasteiger charge is 2.22. The third-order valence-electron chi connectivity index (χ3n) is 5.91. The molecule has 1 N–H and O–H groups in total. The van der Waals surface area contributed by atoms with Gasteiger partial charge >= 0.3 is 0 Å². The van der Waals surface area contributed by atoms with Crippen LogP contribution in [0.1, 0.15) is 35.7 Å². The number of rotatable bonds is 6. The molecule has 1 aromatic carbocycles. The number of piperidine rings is 1. The first-order valence-corrected chi connectivity index (χ1v) is 11.6. The number of carbonyl (C=O) groups excluding carboxylic acids is 1. The van der Waals surface area contributed by atoms with E-state index in [1.807, 2.05) is 17.0 Å². The van der Waals surface area contributed by atoms with Gasteiger partial charge in [0, 0.05) is 49.5 Å². The molecule has 2 fully saturated rings. The highest BCUT2D eigenvalue weighted by atomic mass is 32.1. The van der Waals surface area contributed by atoms with Crippen LogP contribution in [-0.2, 0) is 11.2 Å². The topological polar surface area (TPSA) is 44.8 Å². The van der Waals surface area contributed by atoms with Crippen molar-refractivity contribution in [2.45, 2.75) is 38.3 Å². The van der Waals surface area contributed by atoms with E-state index in [1.165, 1.54) is 11.3 Å². The van der Waals surface area contributed by atoms with Crippen LogP contribution in [0.2, 0.25) is 0 Å². The van der Waals surface area contributed by atoms with Gasteiger partial charge in [-0.3, -0.25) is 4.79 Å². The van der Waals surface area contributed by atoms with E-state index >= 15 is 0 Å². The fraction of sp³-hybridized carbons (Fsp3) is 0.522. The molecule has 0 radical (unpaired) electrons. The lowest BCUT2D eigenvalue weighted by Gasteiger charge is -2.35. The molecule has 0 saturated carbocycles. The van der Waals surface area contributed by atoms with Gasteiger partial charge in [0.2, 0.25) is 0 Å². The molecule has 5 nitrogen and oxygen atoms in total. The Kier molecular flexibility index (Phi) is 6.85. The van der Waals surface area contributed by atoms with Crippen molar-refractivity contribution in [3.8, 4) is 0 Å². The SMILES string of the molecule is CC(Cc1ccsc1)NC1CCN(c2ccc(C(=O)N3CCOCC3)cc2)CC1. The largest absolute Gasteiger partial charge is 0.378 e. The number of nitrogens with one attached hydrogen (secondary N) is 1. The summed E-state index contributed by atoms with van der Waals surface area (Å²) in [6.07, 6.45) is 3.41. The van der Waals surface area contributed by atoms with E-state index in [9.17, 15) is 4.79 Å². The Morgan fingerprint density at radius 3 is 2.52 bits per heavy atom. The normalized spacial score (nSPS) is 19.3. The molecule has 3 heterocycles. The number of amides is 1. The maximum atomic E-state index is 12.6. The average Bonchev–Trinajstić information content (AvgIpc) is 3.27. The van der Waals surface area contributed by atoms with Gasteiger partial charge in [-0.25, -0.2) is 0 Å². The van der Waals surface area contributed by atoms with E-state index in [2.05, 4.69) is 46.1 Å². The third kappa shape index (κ3) is 5.38. The molecule has 0 spiro atoms. The number of ether oxygens (including phenoxy) is 1. The first kappa shape index (κ1) is 20.4. The number of carbonyl (C=O) groups is 1. The summed E-state index contributed by atoms with van der Waals surface area (Å²) >= 11 is 1.77. The third-order valence-corrected chi connectivity index (χ3v) is 6.65. The van der Waals surface area contributed by atoms with E-state index in [0.29, 0.717) is 38.4 Å². The second kappa shape index (κ2) is 9.74. The Morgan fingerprint density at radius 1 is 1.14 bits per heavy atom. The fourth-order valence-electron chi connectivity index (χ4n) is 4.29. The molecule has 1 amide bonds. The van der Waals surface area contributed by atoms with Crippen LogP contribution in [-0.4, -0.2) is 62.3 Å². The number of hydrogen-bond donors (Lipinski definition) is 1. The minimum absolute atomic E-state index is 0.113. The summed E-state index contributed by atoms with van der Waals surface area (Å²) in [5.74, 6) is 0.113. The van der Waals surface area contributed by atoms with E-state index in [0.717, 1.165) is 37.9 Å². The molecule has 6 heteroatoms. The van der Waals surface area contributed by atoms with Crippen LogP contribution in [0.3, 0.4) is 0 Å². The van der Waals surface area contributed by atoms with Crippen molar-refractivity contribution in [1.82, 2.24) is 10.2 Å². The second-order valence-electron chi connectivity index (χ2n) is 8.12. The number of benzene rings is 1. The molecule has 0 bridgehead atoms. The zero-order valence-corrected chi connectivity index (χ0v) is 18.0.